The van der Waals surface area contributed by atoms with Crippen LogP contribution in [0.5, 0.6) is 5.75 Å². The molecule has 0 heterocycles. The lowest BCUT2D eigenvalue weighted by Crippen LogP contribution is -2.20. The van der Waals surface area contributed by atoms with E-state index in [1.165, 1.54) is 57.8 Å². The van der Waals surface area contributed by atoms with E-state index in [1.54, 1.807) is 0 Å². The highest BCUT2D eigenvalue weighted by Gasteiger charge is 2.28. The molecule has 1 rings (SSSR count). The molecule has 184 valence electrons. The van der Waals surface area contributed by atoms with E-state index in [9.17, 15) is 9.90 Å². The summed E-state index contributed by atoms with van der Waals surface area (Å²) >= 11 is 0. The summed E-state index contributed by atoms with van der Waals surface area (Å²) in [7, 11) is 0. The highest BCUT2D eigenvalue weighted by atomic mass is 16.3. The first kappa shape index (κ1) is 28.5. The number of carbonyl (C=O) groups excluding carboxylic acids is 1. The van der Waals surface area contributed by atoms with Crippen LogP contribution in [0.4, 0.5) is 0 Å². The first-order valence-electron chi connectivity index (χ1n) is 13.0. The molecule has 0 saturated heterocycles. The Hall–Kier alpha value is -1.51. The summed E-state index contributed by atoms with van der Waals surface area (Å²) in [5.74, 6) is 0.264. The second-order valence-electron chi connectivity index (χ2n) is 11.8. The minimum absolute atomic E-state index is 0.115. The number of phenolic OH excluding ortho intramolecular Hbond substituents is 1. The molecule has 0 aliphatic rings. The topological polar surface area (TPSA) is 63.3 Å². The molecule has 0 saturated carbocycles. The van der Waals surface area contributed by atoms with Gasteiger partial charge in [-0.2, -0.15) is 0 Å². The molecule has 0 bridgehead atoms. The number of rotatable bonds is 14. The van der Waals surface area contributed by atoms with Crippen molar-refractivity contribution in [1.29, 1.82) is 0 Å². The molecule has 0 aliphatic carbocycles. The largest absolute Gasteiger partial charge is 0.507 e. The normalized spacial score (nSPS) is 13.3. The van der Waals surface area contributed by atoms with Gasteiger partial charge in [-0.3, -0.25) is 4.79 Å². The number of hydrogen-bond donors (Lipinski definition) is 2. The number of hydrogen-bond acceptors (Lipinski definition) is 2. The molecule has 1 unspecified atom stereocenters. The Balaban J connectivity index is 2.84. The Bertz CT molecular complexity index is 659. The fourth-order valence-electron chi connectivity index (χ4n) is 4.54. The maximum absolute atomic E-state index is 11.9. The number of carbonyl (C=O) groups is 1. The Kier molecular flexibility index (Phi) is 11.8. The van der Waals surface area contributed by atoms with Crippen molar-refractivity contribution >= 4 is 5.91 Å². The van der Waals surface area contributed by atoms with Gasteiger partial charge in [0.25, 0.3) is 0 Å². The Morgan fingerprint density at radius 1 is 0.812 bits per heavy atom. The molecule has 0 spiro atoms. The number of primary amides is 1. The predicted molar refractivity (Wildman–Crippen MR) is 139 cm³/mol. The maximum atomic E-state index is 11.9. The van der Waals surface area contributed by atoms with Crippen LogP contribution in [0.3, 0.4) is 0 Å². The second-order valence-corrected chi connectivity index (χ2v) is 11.8. The zero-order valence-corrected chi connectivity index (χ0v) is 22.2. The van der Waals surface area contributed by atoms with Crippen molar-refractivity contribution in [2.24, 2.45) is 5.73 Å². The molecule has 3 N–H and O–H groups in total. The van der Waals surface area contributed by atoms with Gasteiger partial charge < -0.3 is 10.8 Å². The molecule has 32 heavy (non-hydrogen) atoms. The highest BCUT2D eigenvalue weighted by molar-refractivity contribution is 5.75. The van der Waals surface area contributed by atoms with Crippen LogP contribution in [0.1, 0.15) is 148 Å². The summed E-state index contributed by atoms with van der Waals surface area (Å²) in [5, 5.41) is 11.0. The fourth-order valence-corrected chi connectivity index (χ4v) is 4.54. The minimum Gasteiger partial charge on any atom is -0.507 e. The first-order valence-corrected chi connectivity index (χ1v) is 13.0. The first-order chi connectivity index (χ1) is 14.9. The SMILES string of the molecule is CCCCCCCCCCCCC(CC(N)=O)c1cc(C(C)(C)C)c(O)c(C(C)(C)C)c1. The molecule has 1 amide bonds. The number of benzene rings is 1. The summed E-state index contributed by atoms with van der Waals surface area (Å²) in [5.41, 5.74) is 8.35. The third kappa shape index (κ3) is 9.96. The van der Waals surface area contributed by atoms with Crippen LogP contribution in [0.15, 0.2) is 12.1 Å². The second kappa shape index (κ2) is 13.3. The van der Waals surface area contributed by atoms with Crippen LogP contribution >= 0.6 is 0 Å². The predicted octanol–water partition coefficient (Wildman–Crippen LogP) is 8.26. The standard InChI is InChI=1S/C29H51NO2/c1-8-9-10-11-12-13-14-15-16-17-18-22(21-26(30)31)23-19-24(28(2,3)4)27(32)25(20-23)29(5,6)7/h19-20,22,32H,8-18,21H2,1-7H3,(H2,30,31). The molecule has 0 radical (unpaired) electrons. The van der Waals surface area contributed by atoms with Gasteiger partial charge in [-0.05, 0) is 39.9 Å². The van der Waals surface area contributed by atoms with Gasteiger partial charge in [-0.1, -0.05) is 125 Å². The molecule has 1 aromatic carbocycles. The molecule has 3 nitrogen and oxygen atoms in total. The van der Waals surface area contributed by atoms with Crippen molar-refractivity contribution in [2.75, 3.05) is 0 Å². The van der Waals surface area contributed by atoms with Crippen LogP contribution in [0.2, 0.25) is 0 Å². The molecule has 1 aromatic rings. The van der Waals surface area contributed by atoms with E-state index in [1.807, 2.05) is 0 Å². The minimum atomic E-state index is -0.246. The van der Waals surface area contributed by atoms with Crippen molar-refractivity contribution in [1.82, 2.24) is 0 Å². The van der Waals surface area contributed by atoms with Crippen LogP contribution in [-0.2, 0) is 15.6 Å². The van der Waals surface area contributed by atoms with Gasteiger partial charge in [0.05, 0.1) is 0 Å². The molecular formula is C29H51NO2. The average molecular weight is 446 g/mol. The van der Waals surface area contributed by atoms with Gasteiger partial charge in [0.2, 0.25) is 5.91 Å². The van der Waals surface area contributed by atoms with Gasteiger partial charge in [-0.25, -0.2) is 0 Å². The van der Waals surface area contributed by atoms with E-state index in [4.69, 9.17) is 5.73 Å². The third-order valence-corrected chi connectivity index (χ3v) is 6.57. The number of phenols is 1. The van der Waals surface area contributed by atoms with Crippen molar-refractivity contribution < 1.29 is 9.90 Å². The van der Waals surface area contributed by atoms with Crippen molar-refractivity contribution in [3.05, 3.63) is 28.8 Å². The lowest BCUT2D eigenvalue weighted by molar-refractivity contribution is -0.118. The van der Waals surface area contributed by atoms with Crippen LogP contribution in [0.25, 0.3) is 0 Å². The summed E-state index contributed by atoms with van der Waals surface area (Å²) < 4.78 is 0. The van der Waals surface area contributed by atoms with Gasteiger partial charge >= 0.3 is 0 Å². The molecular weight excluding hydrogens is 394 g/mol. The summed E-state index contributed by atoms with van der Waals surface area (Å²) in [4.78, 5) is 11.9. The Morgan fingerprint density at radius 2 is 1.22 bits per heavy atom. The van der Waals surface area contributed by atoms with Crippen LogP contribution in [-0.4, -0.2) is 11.0 Å². The Morgan fingerprint density at radius 3 is 1.59 bits per heavy atom. The molecule has 1 atom stereocenters. The van der Waals surface area contributed by atoms with Crippen LogP contribution < -0.4 is 5.73 Å². The van der Waals surface area contributed by atoms with E-state index in [0.29, 0.717) is 12.2 Å². The smallest absolute Gasteiger partial charge is 0.218 e. The van der Waals surface area contributed by atoms with Crippen molar-refractivity contribution in [2.45, 2.75) is 142 Å². The number of nitrogens with two attached hydrogens (primary N) is 1. The number of unbranched alkanes of at least 4 members (excludes halogenated alkanes) is 9. The lowest BCUT2D eigenvalue weighted by Gasteiger charge is -2.30. The van der Waals surface area contributed by atoms with E-state index in [-0.39, 0.29) is 22.7 Å². The quantitative estimate of drug-likeness (QED) is 0.283. The summed E-state index contributed by atoms with van der Waals surface area (Å²) in [6, 6.07) is 4.24. The maximum Gasteiger partial charge on any atom is 0.218 e. The fraction of sp³-hybridized carbons (Fsp3) is 0.759. The Labute approximate surface area is 198 Å². The van der Waals surface area contributed by atoms with Crippen molar-refractivity contribution in [3.8, 4) is 5.75 Å². The summed E-state index contributed by atoms with van der Waals surface area (Å²) in [6.45, 7) is 15.0. The van der Waals surface area contributed by atoms with E-state index in [2.05, 4.69) is 60.6 Å². The zero-order valence-electron chi connectivity index (χ0n) is 22.2. The van der Waals surface area contributed by atoms with Gasteiger partial charge in [0, 0.05) is 6.42 Å². The third-order valence-electron chi connectivity index (χ3n) is 6.57. The lowest BCUT2D eigenvalue weighted by atomic mass is 9.76. The summed E-state index contributed by atoms with van der Waals surface area (Å²) in [6.07, 6.45) is 14.4. The van der Waals surface area contributed by atoms with Gasteiger partial charge in [0.15, 0.2) is 0 Å². The van der Waals surface area contributed by atoms with E-state index in [0.717, 1.165) is 29.5 Å². The highest BCUT2D eigenvalue weighted by Crippen LogP contribution is 2.42. The number of aromatic hydroxyl groups is 1. The van der Waals surface area contributed by atoms with Crippen molar-refractivity contribution in [3.63, 3.8) is 0 Å². The van der Waals surface area contributed by atoms with E-state index < -0.39 is 0 Å². The van der Waals surface area contributed by atoms with Gasteiger partial charge in [0.1, 0.15) is 5.75 Å². The van der Waals surface area contributed by atoms with Crippen LogP contribution in [0, 0.1) is 0 Å². The average Bonchev–Trinajstić information content (AvgIpc) is 2.66. The number of amides is 1. The molecule has 0 aromatic heterocycles. The van der Waals surface area contributed by atoms with E-state index >= 15 is 0 Å². The molecule has 0 fully saturated rings. The van der Waals surface area contributed by atoms with Gasteiger partial charge in [-0.15, -0.1) is 0 Å². The molecule has 0 aliphatic heterocycles. The molecule has 3 heteroatoms. The zero-order chi connectivity index (χ0) is 24.4. The monoisotopic (exact) mass is 445 g/mol.